The van der Waals surface area contributed by atoms with Crippen molar-refractivity contribution in [1.29, 1.82) is 0 Å². The van der Waals surface area contributed by atoms with Gasteiger partial charge in [0.1, 0.15) is 11.0 Å². The Morgan fingerprint density at radius 1 is 1.00 bits per heavy atom. The van der Waals surface area contributed by atoms with Crippen LogP contribution in [0.4, 0.5) is 34.1 Å². The lowest BCUT2D eigenvalue weighted by molar-refractivity contribution is -0.139. The number of carbonyl (C=O) groups is 1. The summed E-state index contributed by atoms with van der Waals surface area (Å²) in [4.78, 5) is 20.4. The molecule has 1 amide bonds. The van der Waals surface area contributed by atoms with Gasteiger partial charge in [-0.2, -0.15) is 22.5 Å². The molecule has 0 atom stereocenters. The Morgan fingerprint density at radius 2 is 1.76 bits per heavy atom. The number of benzene rings is 2. The number of hydrogen-bond donors (Lipinski definition) is 2. The van der Waals surface area contributed by atoms with Gasteiger partial charge in [-0.1, -0.05) is 11.6 Å². The highest BCUT2D eigenvalue weighted by Crippen LogP contribution is 2.34. The van der Waals surface area contributed by atoms with Crippen LogP contribution < -0.4 is 10.6 Å². The molecule has 0 bridgehead atoms. The van der Waals surface area contributed by atoms with Crippen molar-refractivity contribution in [3.63, 3.8) is 0 Å². The summed E-state index contributed by atoms with van der Waals surface area (Å²) in [6, 6.07) is 12.4. The van der Waals surface area contributed by atoms with E-state index in [9.17, 15) is 22.4 Å². The second kappa shape index (κ2) is 9.12. The minimum Gasteiger partial charge on any atom is -0.355 e. The fourth-order valence-electron chi connectivity index (χ4n) is 2.79. The molecule has 0 unspecified atom stereocenters. The molecule has 0 radical (unpaired) electrons. The van der Waals surface area contributed by atoms with E-state index in [0.29, 0.717) is 28.5 Å². The van der Waals surface area contributed by atoms with Crippen LogP contribution in [0.25, 0.3) is 11.4 Å². The fraction of sp³-hybridized carbons (Fsp3) is 0.0476. The lowest BCUT2D eigenvalue weighted by Gasteiger charge is -2.08. The van der Waals surface area contributed by atoms with Gasteiger partial charge in [0.15, 0.2) is 5.82 Å². The average molecular weight is 494 g/mol. The Morgan fingerprint density at radius 3 is 2.45 bits per heavy atom. The molecule has 6 nitrogen and oxygen atoms in total. The Kier molecular flexibility index (Phi) is 6.25. The number of carbonyl (C=O) groups excluding carboxylic acids is 1. The second-order valence-corrected chi connectivity index (χ2v) is 7.78. The van der Waals surface area contributed by atoms with E-state index < -0.39 is 23.5 Å². The highest BCUT2D eigenvalue weighted by Gasteiger charge is 2.34. The minimum atomic E-state index is -4.85. The van der Waals surface area contributed by atoms with E-state index in [1.807, 2.05) is 0 Å². The first-order chi connectivity index (χ1) is 15.7. The Bertz CT molecular complexity index is 1310. The molecule has 0 fully saturated rings. The Balaban J connectivity index is 1.45. The quantitative estimate of drug-likeness (QED) is 0.248. The molecule has 4 rings (SSSR count). The van der Waals surface area contributed by atoms with E-state index in [4.69, 9.17) is 11.6 Å². The molecule has 0 aliphatic rings. The molecule has 2 aromatic heterocycles. The van der Waals surface area contributed by atoms with Crippen LogP contribution in [0.2, 0.25) is 5.15 Å². The van der Waals surface area contributed by atoms with E-state index in [1.165, 1.54) is 0 Å². The number of nitrogens with one attached hydrogen (secondary N) is 2. The number of hydrogen-bond acceptors (Lipinski definition) is 6. The molecular formula is C21H12ClF4N5OS. The van der Waals surface area contributed by atoms with Crippen LogP contribution in [0.3, 0.4) is 0 Å². The smallest absolute Gasteiger partial charge is 0.355 e. The molecule has 12 heteroatoms. The van der Waals surface area contributed by atoms with Crippen molar-refractivity contribution in [2.75, 3.05) is 10.6 Å². The van der Waals surface area contributed by atoms with E-state index >= 15 is 0 Å². The van der Waals surface area contributed by atoms with E-state index in [1.54, 1.807) is 42.6 Å². The highest BCUT2D eigenvalue weighted by atomic mass is 35.5. The zero-order valence-corrected chi connectivity index (χ0v) is 17.9. The van der Waals surface area contributed by atoms with Gasteiger partial charge in [-0.25, -0.2) is 9.37 Å². The van der Waals surface area contributed by atoms with E-state index in [0.717, 1.165) is 23.3 Å². The summed E-state index contributed by atoms with van der Waals surface area (Å²) < 4.78 is 56.2. The molecule has 0 saturated carbocycles. The summed E-state index contributed by atoms with van der Waals surface area (Å²) in [6.45, 7) is 0. The average Bonchev–Trinajstić information content (AvgIpc) is 3.22. The number of aromatic nitrogens is 3. The van der Waals surface area contributed by atoms with Crippen molar-refractivity contribution < 1.29 is 22.4 Å². The van der Waals surface area contributed by atoms with Gasteiger partial charge in [0.05, 0.1) is 5.56 Å². The van der Waals surface area contributed by atoms with Crippen molar-refractivity contribution in [3.05, 3.63) is 82.9 Å². The summed E-state index contributed by atoms with van der Waals surface area (Å²) >= 11 is 6.64. The van der Waals surface area contributed by atoms with Gasteiger partial charge < -0.3 is 5.32 Å². The third-order valence-electron chi connectivity index (χ3n) is 4.34. The third-order valence-corrected chi connectivity index (χ3v) is 5.18. The molecule has 0 aliphatic carbocycles. The molecule has 2 heterocycles. The van der Waals surface area contributed by atoms with Crippen LogP contribution in [-0.2, 0) is 6.18 Å². The number of rotatable bonds is 5. The molecule has 168 valence electrons. The lowest BCUT2D eigenvalue weighted by Crippen LogP contribution is -2.11. The van der Waals surface area contributed by atoms with E-state index in [2.05, 4.69) is 25.0 Å². The predicted molar refractivity (Wildman–Crippen MR) is 117 cm³/mol. The van der Waals surface area contributed by atoms with Crippen molar-refractivity contribution in [3.8, 4) is 11.4 Å². The molecular weight excluding hydrogens is 482 g/mol. The summed E-state index contributed by atoms with van der Waals surface area (Å²) in [6.07, 6.45) is -3.30. The third kappa shape index (κ3) is 5.44. The number of halogens is 5. The van der Waals surface area contributed by atoms with Crippen LogP contribution in [0.15, 0.2) is 60.8 Å². The molecule has 0 spiro atoms. The molecule has 0 saturated heterocycles. The lowest BCUT2D eigenvalue weighted by atomic mass is 10.1. The first-order valence-corrected chi connectivity index (χ1v) is 10.3. The van der Waals surface area contributed by atoms with Crippen LogP contribution in [0, 0.1) is 5.82 Å². The first kappa shape index (κ1) is 22.6. The molecule has 33 heavy (non-hydrogen) atoms. The summed E-state index contributed by atoms with van der Waals surface area (Å²) in [7, 11) is 0. The topological polar surface area (TPSA) is 79.8 Å². The normalized spacial score (nSPS) is 11.3. The largest absolute Gasteiger partial charge is 0.419 e. The SMILES string of the molecule is O=C(Nc1nc(-c2ccc(F)c(C(F)(F)F)c2)ns1)c1ccc(Nc2ccnc(Cl)c2)cc1. The van der Waals surface area contributed by atoms with Crippen molar-refractivity contribution >= 4 is 45.5 Å². The van der Waals surface area contributed by atoms with Gasteiger partial charge >= 0.3 is 6.18 Å². The molecule has 0 aliphatic heterocycles. The van der Waals surface area contributed by atoms with Crippen LogP contribution in [0.1, 0.15) is 15.9 Å². The molecule has 2 aromatic carbocycles. The van der Waals surface area contributed by atoms with Gasteiger partial charge in [-0.15, -0.1) is 0 Å². The summed E-state index contributed by atoms with van der Waals surface area (Å²) in [5.74, 6) is -1.93. The van der Waals surface area contributed by atoms with Gasteiger partial charge in [-0.3, -0.25) is 10.1 Å². The van der Waals surface area contributed by atoms with Crippen LogP contribution in [-0.4, -0.2) is 20.2 Å². The zero-order chi connectivity index (χ0) is 23.6. The van der Waals surface area contributed by atoms with Crippen molar-refractivity contribution in [1.82, 2.24) is 14.3 Å². The van der Waals surface area contributed by atoms with Crippen molar-refractivity contribution in [2.45, 2.75) is 6.18 Å². The zero-order valence-electron chi connectivity index (χ0n) is 16.3. The summed E-state index contributed by atoms with van der Waals surface area (Å²) in [5, 5.41) is 6.08. The monoisotopic (exact) mass is 493 g/mol. The summed E-state index contributed by atoms with van der Waals surface area (Å²) in [5.41, 5.74) is 0.327. The maximum atomic E-state index is 13.5. The van der Waals surface area contributed by atoms with Gasteiger partial charge in [-0.05, 0) is 54.6 Å². The standard InChI is InChI=1S/C21H12ClF4N5OS/c22-17-10-14(7-8-27-17)28-13-4-1-11(2-5-13)19(32)30-20-29-18(31-33-20)12-3-6-16(23)15(9-12)21(24,25)26/h1-10H,(H,27,28)(H,29,30,31,32). The number of nitrogens with zero attached hydrogens (tertiary/aromatic N) is 3. The number of alkyl halides is 3. The van der Waals surface area contributed by atoms with Gasteiger partial charge in [0.25, 0.3) is 5.91 Å². The van der Waals surface area contributed by atoms with Crippen LogP contribution >= 0.6 is 23.1 Å². The minimum absolute atomic E-state index is 0.0212. The van der Waals surface area contributed by atoms with Crippen molar-refractivity contribution in [2.24, 2.45) is 0 Å². The van der Waals surface area contributed by atoms with Crippen LogP contribution in [0.5, 0.6) is 0 Å². The Hall–Kier alpha value is -3.57. The maximum Gasteiger partial charge on any atom is 0.419 e. The number of anilines is 3. The first-order valence-electron chi connectivity index (χ1n) is 9.20. The molecule has 2 N–H and O–H groups in total. The number of amides is 1. The maximum absolute atomic E-state index is 13.5. The number of pyridine rings is 1. The Labute approximate surface area is 193 Å². The van der Waals surface area contributed by atoms with Gasteiger partial charge in [0, 0.05) is 40.2 Å². The highest BCUT2D eigenvalue weighted by molar-refractivity contribution is 7.10. The molecule has 4 aromatic rings. The van der Waals surface area contributed by atoms with Gasteiger partial charge in [0.2, 0.25) is 5.13 Å². The fourth-order valence-corrected chi connectivity index (χ4v) is 3.55. The van der Waals surface area contributed by atoms with E-state index in [-0.39, 0.29) is 16.5 Å². The second-order valence-electron chi connectivity index (χ2n) is 6.64. The predicted octanol–water partition coefficient (Wildman–Crippen LogP) is 6.41.